The van der Waals surface area contributed by atoms with E-state index in [1.165, 1.54) is 38.5 Å². The van der Waals surface area contributed by atoms with Gasteiger partial charge in [-0.3, -0.25) is 9.59 Å². The van der Waals surface area contributed by atoms with E-state index in [2.05, 4.69) is 55.4 Å². The molecule has 0 amide bonds. The minimum Gasteiger partial charge on any atom is -0.462 e. The number of aliphatic hydroxyl groups excluding tert-OH is 2. The van der Waals surface area contributed by atoms with Gasteiger partial charge in [-0.15, -0.1) is 0 Å². The van der Waals surface area contributed by atoms with Crippen molar-refractivity contribution >= 4 is 11.9 Å². The molecule has 0 aromatic rings. The third kappa shape index (κ3) is 10.1. The minimum absolute atomic E-state index is 0.0554. The molecule has 6 aliphatic rings. The Morgan fingerprint density at radius 2 is 0.949 bits per heavy atom. The molecule has 0 aromatic heterocycles. The number of ether oxygens (including phenoxy) is 5. The van der Waals surface area contributed by atoms with Crippen molar-refractivity contribution in [1.29, 1.82) is 0 Å². The fraction of sp³-hybridized carbons (Fsp3) is 0.880. The summed E-state index contributed by atoms with van der Waals surface area (Å²) in [6.45, 7) is 19.6. The van der Waals surface area contributed by atoms with Crippen molar-refractivity contribution in [1.82, 2.24) is 0 Å². The second-order valence-corrected chi connectivity index (χ2v) is 21.5. The summed E-state index contributed by atoms with van der Waals surface area (Å²) >= 11 is 0. The summed E-state index contributed by atoms with van der Waals surface area (Å²) in [5.41, 5.74) is 5.67. The number of esters is 2. The lowest BCUT2D eigenvalue weighted by Gasteiger charge is -2.56. The third-order valence-corrected chi connectivity index (χ3v) is 17.1. The van der Waals surface area contributed by atoms with Gasteiger partial charge in [0, 0.05) is 0 Å². The Bertz CT molecular complexity index is 1410. The molecule has 10 unspecified atom stereocenters. The summed E-state index contributed by atoms with van der Waals surface area (Å²) in [4.78, 5) is 27.3. The van der Waals surface area contributed by atoms with Gasteiger partial charge in [0.05, 0.1) is 50.5 Å². The summed E-state index contributed by atoms with van der Waals surface area (Å²) in [6, 6.07) is 0. The van der Waals surface area contributed by atoms with Gasteiger partial charge in [0.15, 0.2) is 0 Å². The molecule has 2 fully saturated rings. The van der Waals surface area contributed by atoms with E-state index in [4.69, 9.17) is 23.7 Å². The Hall–Kier alpha value is -1.78. The zero-order valence-corrected chi connectivity index (χ0v) is 38.3. The standard InChI is InChI=1S/C50H82O9/c1-33(2)35-11-15-41-37(27-35)13-17-43-47(41,5)19-9-21-49(43,7)45(53)58-31-39(51)29-56-25-23-55-24-26-57-30-40(52)32-59-46(54)50(8)22-10-20-48(6)42-16-12-36(34(3)4)28-38(42)14-18-44(48)50/h33-36,39-40,43-44,51-52H,9-32H2,1-8H3. The molecule has 336 valence electrons. The zero-order chi connectivity index (χ0) is 42.6. The van der Waals surface area contributed by atoms with Gasteiger partial charge in [-0.2, -0.15) is 0 Å². The van der Waals surface area contributed by atoms with Crippen molar-refractivity contribution in [2.45, 2.75) is 170 Å². The highest BCUT2D eigenvalue weighted by atomic mass is 16.6. The molecule has 0 aliphatic heterocycles. The molecule has 9 heteroatoms. The van der Waals surface area contributed by atoms with Crippen LogP contribution in [0.4, 0.5) is 0 Å². The Balaban J connectivity index is 0.824. The van der Waals surface area contributed by atoms with Crippen LogP contribution in [-0.2, 0) is 33.3 Å². The van der Waals surface area contributed by atoms with Crippen molar-refractivity contribution in [3.8, 4) is 0 Å². The van der Waals surface area contributed by atoms with Crippen molar-refractivity contribution < 1.29 is 43.5 Å². The van der Waals surface area contributed by atoms with Crippen LogP contribution in [0.5, 0.6) is 0 Å². The summed E-state index contributed by atoms with van der Waals surface area (Å²) in [5.74, 6) is 3.16. The molecule has 2 N–H and O–H groups in total. The topological polar surface area (TPSA) is 121 Å². The Kier molecular flexibility index (Phi) is 15.6. The predicted molar refractivity (Wildman–Crippen MR) is 230 cm³/mol. The van der Waals surface area contributed by atoms with E-state index in [-0.39, 0.29) is 74.2 Å². The van der Waals surface area contributed by atoms with Gasteiger partial charge in [0.2, 0.25) is 0 Å². The van der Waals surface area contributed by atoms with Crippen LogP contribution in [0.1, 0.15) is 158 Å². The number of allylic oxidation sites excluding steroid dienone is 4. The molecule has 2 saturated carbocycles. The van der Waals surface area contributed by atoms with E-state index < -0.39 is 23.0 Å². The summed E-state index contributed by atoms with van der Waals surface area (Å²) < 4.78 is 28.5. The molecule has 0 saturated heterocycles. The molecule has 0 spiro atoms. The first-order valence-corrected chi connectivity index (χ1v) is 23.9. The minimum atomic E-state index is -0.906. The third-order valence-electron chi connectivity index (χ3n) is 17.1. The molecule has 0 bridgehead atoms. The van der Waals surface area contributed by atoms with E-state index in [1.54, 1.807) is 22.3 Å². The van der Waals surface area contributed by atoms with Gasteiger partial charge in [0.1, 0.15) is 25.4 Å². The molecular formula is C50H82O9. The van der Waals surface area contributed by atoms with Gasteiger partial charge in [-0.1, -0.05) is 76.7 Å². The van der Waals surface area contributed by atoms with Crippen LogP contribution in [0.15, 0.2) is 22.3 Å². The fourth-order valence-corrected chi connectivity index (χ4v) is 13.5. The van der Waals surface area contributed by atoms with Crippen LogP contribution in [0.3, 0.4) is 0 Å². The van der Waals surface area contributed by atoms with Gasteiger partial charge in [-0.05, 0) is 150 Å². The highest BCUT2D eigenvalue weighted by Crippen LogP contribution is 2.64. The smallest absolute Gasteiger partial charge is 0.312 e. The molecule has 6 aliphatic carbocycles. The maximum absolute atomic E-state index is 13.7. The maximum Gasteiger partial charge on any atom is 0.312 e. The molecular weight excluding hydrogens is 745 g/mol. The molecule has 0 heterocycles. The van der Waals surface area contributed by atoms with E-state index in [9.17, 15) is 19.8 Å². The largest absolute Gasteiger partial charge is 0.462 e. The highest BCUT2D eigenvalue weighted by molar-refractivity contribution is 5.78. The lowest BCUT2D eigenvalue weighted by atomic mass is 9.48. The summed E-state index contributed by atoms with van der Waals surface area (Å²) in [5, 5.41) is 21.2. The van der Waals surface area contributed by atoms with Gasteiger partial charge < -0.3 is 33.9 Å². The molecule has 10 atom stereocenters. The highest BCUT2D eigenvalue weighted by Gasteiger charge is 2.58. The van der Waals surface area contributed by atoms with E-state index in [0.717, 1.165) is 76.0 Å². The number of rotatable bonds is 18. The van der Waals surface area contributed by atoms with Crippen LogP contribution in [0.2, 0.25) is 0 Å². The average Bonchev–Trinajstić information content (AvgIpc) is 3.20. The molecule has 0 radical (unpaired) electrons. The first kappa shape index (κ1) is 46.7. The Morgan fingerprint density at radius 3 is 1.34 bits per heavy atom. The number of hydrogen-bond donors (Lipinski definition) is 2. The average molecular weight is 827 g/mol. The predicted octanol–water partition coefficient (Wildman–Crippen LogP) is 9.56. The molecule has 9 nitrogen and oxygen atoms in total. The number of hydrogen-bond acceptors (Lipinski definition) is 9. The first-order valence-electron chi connectivity index (χ1n) is 23.9. The molecule has 6 rings (SSSR count). The van der Waals surface area contributed by atoms with Crippen molar-refractivity contribution in [2.75, 3.05) is 52.9 Å². The van der Waals surface area contributed by atoms with Crippen LogP contribution >= 0.6 is 0 Å². The van der Waals surface area contributed by atoms with Crippen molar-refractivity contribution in [3.05, 3.63) is 22.3 Å². The second-order valence-electron chi connectivity index (χ2n) is 21.5. The normalized spacial score (nSPS) is 35.7. The monoisotopic (exact) mass is 827 g/mol. The fourth-order valence-electron chi connectivity index (χ4n) is 13.5. The number of fused-ring (bicyclic) bond motifs is 4. The molecule has 59 heavy (non-hydrogen) atoms. The number of carbonyl (C=O) groups excluding carboxylic acids is 2. The second kappa shape index (κ2) is 19.7. The maximum atomic E-state index is 13.7. The van der Waals surface area contributed by atoms with E-state index >= 15 is 0 Å². The van der Waals surface area contributed by atoms with Gasteiger partial charge in [-0.25, -0.2) is 0 Å². The summed E-state index contributed by atoms with van der Waals surface area (Å²) in [6.07, 6.45) is 15.8. The quantitative estimate of drug-likeness (QED) is 0.0791. The molecule has 0 aromatic carbocycles. The van der Waals surface area contributed by atoms with E-state index in [0.29, 0.717) is 25.0 Å². The van der Waals surface area contributed by atoms with Crippen LogP contribution in [0, 0.1) is 57.2 Å². The van der Waals surface area contributed by atoms with Gasteiger partial charge in [0.25, 0.3) is 0 Å². The lowest BCUT2D eigenvalue weighted by molar-refractivity contribution is -0.170. The van der Waals surface area contributed by atoms with Gasteiger partial charge >= 0.3 is 11.9 Å². The van der Waals surface area contributed by atoms with Crippen LogP contribution in [0.25, 0.3) is 0 Å². The zero-order valence-electron chi connectivity index (χ0n) is 38.3. The van der Waals surface area contributed by atoms with Crippen molar-refractivity contribution in [3.63, 3.8) is 0 Å². The number of carbonyl (C=O) groups is 2. The number of aliphatic hydroxyl groups is 2. The summed E-state index contributed by atoms with van der Waals surface area (Å²) in [7, 11) is 0. The SMILES string of the molecule is CC(C)C1CCC2=C(CCC3C(C)(C(=O)OCC(O)COCCOCCOCC(O)COC(=O)C4(C)CCCC5(C)C6=C(CCC45)CC(C(C)C)CC6)CCCC23C)C1. The van der Waals surface area contributed by atoms with Crippen molar-refractivity contribution in [2.24, 2.45) is 57.2 Å². The van der Waals surface area contributed by atoms with Crippen LogP contribution in [-0.4, -0.2) is 87.2 Å². The van der Waals surface area contributed by atoms with Crippen LogP contribution < -0.4 is 0 Å². The lowest BCUT2D eigenvalue weighted by Crippen LogP contribution is -2.52. The first-order chi connectivity index (χ1) is 28.0. The van der Waals surface area contributed by atoms with E-state index in [1.807, 2.05) is 0 Å². The Morgan fingerprint density at radius 1 is 0.559 bits per heavy atom. The Labute approximate surface area is 357 Å².